The van der Waals surface area contributed by atoms with Crippen LogP contribution >= 0.6 is 11.6 Å². The molecule has 1 saturated heterocycles. The van der Waals surface area contributed by atoms with Crippen LogP contribution in [0.5, 0.6) is 0 Å². The largest absolute Gasteiger partial charge is 0.385 e. The second-order valence-electron chi connectivity index (χ2n) is 11.1. The number of rotatable bonds is 13. The SMILES string of the molecule is CNC[C@@H](CC(=O)N1CCC[C@@H]([C@@](O)(CCCCOC)c2cccc(Cl)c2)C1)CC1(F)CCCCC1. The Morgan fingerprint density at radius 3 is 2.78 bits per heavy atom. The minimum absolute atomic E-state index is 0.0214. The van der Waals surface area contributed by atoms with Crippen molar-refractivity contribution in [1.29, 1.82) is 0 Å². The van der Waals surface area contributed by atoms with E-state index in [4.69, 9.17) is 16.3 Å². The minimum atomic E-state index is -1.14. The average Bonchev–Trinajstić information content (AvgIpc) is 2.87. The number of likely N-dealkylation sites (tertiary alicyclic amines) is 1. The molecule has 7 heteroatoms. The third kappa shape index (κ3) is 8.14. The Morgan fingerprint density at radius 1 is 1.31 bits per heavy atom. The smallest absolute Gasteiger partial charge is 0.222 e. The van der Waals surface area contributed by atoms with Crippen molar-refractivity contribution >= 4 is 17.5 Å². The number of alkyl halides is 1. The fraction of sp³-hybridized carbons (Fsp3) is 0.759. The Hall–Kier alpha value is -1.21. The third-order valence-corrected chi connectivity index (χ3v) is 8.53. The van der Waals surface area contributed by atoms with E-state index in [0.29, 0.717) is 63.4 Å². The molecule has 0 radical (unpaired) electrons. The number of carbonyl (C=O) groups excluding carboxylic acids is 1. The molecule has 1 aromatic carbocycles. The summed E-state index contributed by atoms with van der Waals surface area (Å²) >= 11 is 6.30. The lowest BCUT2D eigenvalue weighted by Crippen LogP contribution is -2.48. The average molecular weight is 525 g/mol. The molecular formula is C29H46ClFN2O3. The maximum Gasteiger partial charge on any atom is 0.222 e. The molecule has 36 heavy (non-hydrogen) atoms. The number of nitrogens with zero attached hydrogens (tertiary/aromatic N) is 1. The summed E-state index contributed by atoms with van der Waals surface area (Å²) in [5.41, 5.74) is -1.39. The lowest BCUT2D eigenvalue weighted by Gasteiger charge is -2.43. The molecule has 204 valence electrons. The van der Waals surface area contributed by atoms with E-state index in [9.17, 15) is 9.90 Å². The van der Waals surface area contributed by atoms with Crippen LogP contribution < -0.4 is 5.32 Å². The Labute approximate surface area is 222 Å². The number of hydrogen-bond acceptors (Lipinski definition) is 4. The van der Waals surface area contributed by atoms with Crippen molar-refractivity contribution in [3.63, 3.8) is 0 Å². The summed E-state index contributed by atoms with van der Waals surface area (Å²) in [7, 11) is 3.56. The number of hydrogen-bond donors (Lipinski definition) is 2. The highest BCUT2D eigenvalue weighted by Gasteiger charge is 2.42. The highest BCUT2D eigenvalue weighted by atomic mass is 35.5. The van der Waals surface area contributed by atoms with Gasteiger partial charge in [-0.15, -0.1) is 0 Å². The first-order chi connectivity index (χ1) is 17.3. The van der Waals surface area contributed by atoms with E-state index < -0.39 is 11.3 Å². The number of ether oxygens (including phenoxy) is 1. The zero-order valence-electron chi connectivity index (χ0n) is 22.2. The second-order valence-corrected chi connectivity index (χ2v) is 11.5. The summed E-state index contributed by atoms with van der Waals surface area (Å²) in [6.45, 7) is 2.50. The van der Waals surface area contributed by atoms with Crippen molar-refractivity contribution in [1.82, 2.24) is 10.2 Å². The van der Waals surface area contributed by atoms with Crippen LogP contribution in [0.1, 0.15) is 82.6 Å². The fourth-order valence-electron chi connectivity index (χ4n) is 6.36. The van der Waals surface area contributed by atoms with Gasteiger partial charge in [0.25, 0.3) is 0 Å². The Morgan fingerprint density at radius 2 is 2.08 bits per heavy atom. The van der Waals surface area contributed by atoms with Crippen LogP contribution in [-0.4, -0.2) is 62.0 Å². The molecular weight excluding hydrogens is 479 g/mol. The number of amides is 1. The predicted octanol–water partition coefficient (Wildman–Crippen LogP) is 5.87. The molecule has 2 aliphatic rings. The second kappa shape index (κ2) is 14.1. The van der Waals surface area contributed by atoms with Gasteiger partial charge in [-0.05, 0) is 88.6 Å². The summed E-state index contributed by atoms with van der Waals surface area (Å²) in [5.74, 6) is -0.0242. The van der Waals surface area contributed by atoms with Gasteiger partial charge in [-0.2, -0.15) is 0 Å². The van der Waals surface area contributed by atoms with Gasteiger partial charge in [-0.1, -0.05) is 43.0 Å². The zero-order chi connectivity index (χ0) is 26.0. The summed E-state index contributed by atoms with van der Waals surface area (Å²) < 4.78 is 20.7. The molecule has 2 fully saturated rings. The van der Waals surface area contributed by atoms with Gasteiger partial charge in [-0.3, -0.25) is 4.79 Å². The van der Waals surface area contributed by atoms with Crippen LogP contribution in [0.15, 0.2) is 24.3 Å². The van der Waals surface area contributed by atoms with Gasteiger partial charge >= 0.3 is 0 Å². The number of piperidine rings is 1. The van der Waals surface area contributed by atoms with Crippen LogP contribution in [0, 0.1) is 11.8 Å². The lowest BCUT2D eigenvalue weighted by molar-refractivity contribution is -0.138. The normalized spacial score (nSPS) is 22.7. The van der Waals surface area contributed by atoms with Crippen molar-refractivity contribution < 1.29 is 19.0 Å². The van der Waals surface area contributed by atoms with E-state index in [0.717, 1.165) is 50.5 Å². The number of nitrogens with one attached hydrogen (secondary N) is 1. The molecule has 3 atom stereocenters. The summed E-state index contributed by atoms with van der Waals surface area (Å²) in [4.78, 5) is 15.4. The lowest BCUT2D eigenvalue weighted by atomic mass is 9.74. The van der Waals surface area contributed by atoms with E-state index in [1.807, 2.05) is 36.2 Å². The summed E-state index contributed by atoms with van der Waals surface area (Å²) in [5, 5.41) is 15.8. The maximum absolute atomic E-state index is 15.4. The van der Waals surface area contributed by atoms with Crippen LogP contribution in [0.2, 0.25) is 5.02 Å². The van der Waals surface area contributed by atoms with Crippen molar-refractivity contribution in [3.8, 4) is 0 Å². The molecule has 0 aromatic heterocycles. The Bertz CT molecular complexity index is 819. The predicted molar refractivity (Wildman–Crippen MR) is 144 cm³/mol. The number of benzene rings is 1. The van der Waals surface area contributed by atoms with Gasteiger partial charge in [0.1, 0.15) is 5.67 Å². The van der Waals surface area contributed by atoms with Crippen LogP contribution in [0.25, 0.3) is 0 Å². The van der Waals surface area contributed by atoms with E-state index in [2.05, 4.69) is 5.32 Å². The number of carbonyl (C=O) groups is 1. The standard InChI is InChI=1S/C29H46ClFN2O3/c1-32-21-23(20-28(31)13-4-3-5-14-28)18-27(34)33-16-9-11-25(22-33)29(35,15-6-7-17-36-2)24-10-8-12-26(30)19-24/h8,10,12,19,23,25,32,35H,3-7,9,11,13-18,20-22H2,1-2H3/t23-,25+,29+/m0/s1. The van der Waals surface area contributed by atoms with Crippen LogP contribution in [0.3, 0.4) is 0 Å². The summed E-state index contributed by atoms with van der Waals surface area (Å²) in [6.07, 6.45) is 9.00. The van der Waals surface area contributed by atoms with Gasteiger partial charge < -0.3 is 20.1 Å². The van der Waals surface area contributed by atoms with E-state index >= 15 is 4.39 Å². The molecule has 1 saturated carbocycles. The maximum atomic E-state index is 15.4. The van der Waals surface area contributed by atoms with Crippen molar-refractivity contribution in [3.05, 3.63) is 34.9 Å². The Balaban J connectivity index is 1.70. The quantitative estimate of drug-likeness (QED) is 0.317. The minimum Gasteiger partial charge on any atom is -0.385 e. The molecule has 1 amide bonds. The summed E-state index contributed by atoms with van der Waals surface area (Å²) in [6, 6.07) is 7.49. The number of aliphatic hydroxyl groups is 1. The first-order valence-electron chi connectivity index (χ1n) is 13.9. The molecule has 0 spiro atoms. The van der Waals surface area contributed by atoms with Gasteiger partial charge in [0, 0.05) is 44.2 Å². The van der Waals surface area contributed by atoms with Gasteiger partial charge in [-0.25, -0.2) is 4.39 Å². The van der Waals surface area contributed by atoms with E-state index in [-0.39, 0.29) is 17.7 Å². The number of methoxy groups -OCH3 is 1. The molecule has 2 N–H and O–H groups in total. The first kappa shape index (κ1) is 29.3. The van der Waals surface area contributed by atoms with Crippen LogP contribution in [0.4, 0.5) is 4.39 Å². The van der Waals surface area contributed by atoms with Crippen molar-refractivity contribution in [2.75, 3.05) is 40.4 Å². The van der Waals surface area contributed by atoms with Gasteiger partial charge in [0.2, 0.25) is 5.91 Å². The van der Waals surface area contributed by atoms with Crippen molar-refractivity contribution in [2.24, 2.45) is 11.8 Å². The zero-order valence-corrected chi connectivity index (χ0v) is 23.0. The van der Waals surface area contributed by atoms with E-state index in [1.54, 1.807) is 7.11 Å². The highest BCUT2D eigenvalue weighted by molar-refractivity contribution is 6.30. The monoisotopic (exact) mass is 524 g/mol. The van der Waals surface area contributed by atoms with E-state index in [1.165, 1.54) is 0 Å². The molecule has 1 aliphatic heterocycles. The van der Waals surface area contributed by atoms with Crippen LogP contribution in [-0.2, 0) is 15.1 Å². The molecule has 1 aliphatic carbocycles. The molecule has 5 nitrogen and oxygen atoms in total. The fourth-order valence-corrected chi connectivity index (χ4v) is 6.55. The van der Waals surface area contributed by atoms with Gasteiger partial charge in [0.05, 0.1) is 5.60 Å². The third-order valence-electron chi connectivity index (χ3n) is 8.29. The molecule has 1 aromatic rings. The first-order valence-corrected chi connectivity index (χ1v) is 14.3. The van der Waals surface area contributed by atoms with Crippen molar-refractivity contribution in [2.45, 2.75) is 88.3 Å². The van der Waals surface area contributed by atoms with Gasteiger partial charge in [0.15, 0.2) is 0 Å². The number of halogens is 2. The molecule has 1 heterocycles. The molecule has 0 bridgehead atoms. The molecule has 0 unspecified atom stereocenters. The topological polar surface area (TPSA) is 61.8 Å². The highest BCUT2D eigenvalue weighted by Crippen LogP contribution is 2.41. The number of unbranched alkanes of at least 4 members (excludes halogenated alkanes) is 1. The Kier molecular flexibility index (Phi) is 11.5. The molecule has 3 rings (SSSR count).